The summed E-state index contributed by atoms with van der Waals surface area (Å²) in [5.74, 6) is 0.349. The Morgan fingerprint density at radius 2 is 2.15 bits per heavy atom. The molecule has 1 fully saturated rings. The molecule has 134 valence electrons. The predicted octanol–water partition coefficient (Wildman–Crippen LogP) is 2.54. The van der Waals surface area contributed by atoms with E-state index in [4.69, 9.17) is 10.5 Å². The first kappa shape index (κ1) is 16.5. The van der Waals surface area contributed by atoms with Gasteiger partial charge in [0.1, 0.15) is 11.6 Å². The third-order valence-corrected chi connectivity index (χ3v) is 4.69. The fraction of sp³-hybridized carbons (Fsp3) is 0.263. The van der Waals surface area contributed by atoms with Crippen molar-refractivity contribution in [2.75, 3.05) is 19.4 Å². The summed E-state index contributed by atoms with van der Waals surface area (Å²) in [6.45, 7) is 0.839. The monoisotopic (exact) mass is 354 g/mol. The van der Waals surface area contributed by atoms with Crippen LogP contribution in [0.4, 0.5) is 10.1 Å². The van der Waals surface area contributed by atoms with Crippen molar-refractivity contribution < 1.29 is 9.13 Å². The molecule has 1 aromatic heterocycles. The molecule has 7 heteroatoms. The van der Waals surface area contributed by atoms with Gasteiger partial charge >= 0.3 is 0 Å². The van der Waals surface area contributed by atoms with Crippen molar-refractivity contribution in [2.24, 2.45) is 0 Å². The largest absolute Gasteiger partial charge is 0.497 e. The van der Waals surface area contributed by atoms with E-state index in [-0.39, 0.29) is 17.3 Å². The van der Waals surface area contributed by atoms with Crippen LogP contribution in [0.15, 0.2) is 41.2 Å². The highest BCUT2D eigenvalue weighted by Crippen LogP contribution is 2.27. The molecule has 0 bridgehead atoms. The van der Waals surface area contributed by atoms with E-state index >= 15 is 0 Å². The molecule has 1 unspecified atom stereocenters. The lowest BCUT2D eigenvalue weighted by Crippen LogP contribution is -2.29. The smallest absolute Gasteiger partial charge is 0.266 e. The summed E-state index contributed by atoms with van der Waals surface area (Å²) in [5.41, 5.74) is 6.66. The van der Waals surface area contributed by atoms with Crippen molar-refractivity contribution in [1.29, 1.82) is 0 Å². The Hall–Kier alpha value is -2.93. The molecule has 0 radical (unpaired) electrons. The first-order valence-electron chi connectivity index (χ1n) is 8.48. The lowest BCUT2D eigenvalue weighted by atomic mass is 10.1. The second kappa shape index (κ2) is 6.42. The average molecular weight is 354 g/mol. The number of benzene rings is 2. The third-order valence-electron chi connectivity index (χ3n) is 4.69. The zero-order valence-electron chi connectivity index (χ0n) is 14.3. The van der Waals surface area contributed by atoms with Crippen molar-refractivity contribution >= 4 is 16.6 Å². The molecule has 4 rings (SSSR count). The van der Waals surface area contributed by atoms with Gasteiger partial charge in [-0.05, 0) is 49.7 Å². The molecule has 1 aliphatic rings. The Labute approximate surface area is 149 Å². The topological polar surface area (TPSA) is 82.2 Å². The molecule has 26 heavy (non-hydrogen) atoms. The van der Waals surface area contributed by atoms with Gasteiger partial charge in [-0.3, -0.25) is 9.36 Å². The molecule has 2 heterocycles. The Kier molecular flexibility index (Phi) is 4.08. The van der Waals surface area contributed by atoms with Gasteiger partial charge in [0.05, 0.1) is 29.7 Å². The molecule has 3 aromatic rings. The van der Waals surface area contributed by atoms with Gasteiger partial charge in [-0.2, -0.15) is 0 Å². The van der Waals surface area contributed by atoms with Crippen molar-refractivity contribution in [3.05, 3.63) is 58.4 Å². The van der Waals surface area contributed by atoms with E-state index in [1.165, 1.54) is 23.8 Å². The van der Waals surface area contributed by atoms with Crippen molar-refractivity contribution in [3.8, 4) is 11.4 Å². The summed E-state index contributed by atoms with van der Waals surface area (Å²) < 4.78 is 21.1. The number of methoxy groups -OCH3 is 1. The van der Waals surface area contributed by atoms with Gasteiger partial charge in [0, 0.05) is 11.8 Å². The van der Waals surface area contributed by atoms with Gasteiger partial charge in [0.15, 0.2) is 5.82 Å². The number of rotatable bonds is 3. The van der Waals surface area contributed by atoms with Gasteiger partial charge in [-0.25, -0.2) is 9.37 Å². The zero-order valence-corrected chi connectivity index (χ0v) is 14.3. The van der Waals surface area contributed by atoms with Crippen LogP contribution in [0, 0.1) is 5.82 Å². The lowest BCUT2D eigenvalue weighted by Gasteiger charge is -2.19. The second-order valence-corrected chi connectivity index (χ2v) is 6.35. The van der Waals surface area contributed by atoms with Crippen LogP contribution in [-0.2, 0) is 0 Å². The molecule has 1 aliphatic heterocycles. The minimum atomic E-state index is -0.546. The minimum absolute atomic E-state index is 0.105. The number of nitrogens with one attached hydrogen (secondary N) is 1. The number of halogens is 1. The maximum absolute atomic E-state index is 14.7. The lowest BCUT2D eigenvalue weighted by molar-refractivity contribution is 0.411. The minimum Gasteiger partial charge on any atom is -0.497 e. The van der Waals surface area contributed by atoms with Crippen LogP contribution >= 0.6 is 0 Å². The molecule has 1 atom stereocenters. The van der Waals surface area contributed by atoms with Crippen LogP contribution in [0.1, 0.15) is 24.7 Å². The first-order chi connectivity index (χ1) is 12.6. The van der Waals surface area contributed by atoms with Gasteiger partial charge in [0.2, 0.25) is 0 Å². The van der Waals surface area contributed by atoms with E-state index in [0.29, 0.717) is 28.2 Å². The number of hydrogen-bond donors (Lipinski definition) is 2. The fourth-order valence-electron chi connectivity index (χ4n) is 3.39. The number of aromatic nitrogens is 2. The number of nitrogen functional groups attached to an aromatic ring is 1. The van der Waals surface area contributed by atoms with E-state index in [0.717, 1.165) is 19.4 Å². The quantitative estimate of drug-likeness (QED) is 0.707. The number of hydrogen-bond acceptors (Lipinski definition) is 5. The van der Waals surface area contributed by atoms with Gasteiger partial charge in [0.25, 0.3) is 5.56 Å². The molecule has 3 N–H and O–H groups in total. The SMILES string of the molecule is COc1ccc(-n2c(C3CCCN3)nc3ccc(N)cc3c2=O)c(F)c1. The highest BCUT2D eigenvalue weighted by molar-refractivity contribution is 5.81. The summed E-state index contributed by atoms with van der Waals surface area (Å²) in [7, 11) is 1.47. The number of ether oxygens (including phenoxy) is 1. The summed E-state index contributed by atoms with van der Waals surface area (Å²) in [5, 5.41) is 3.70. The van der Waals surface area contributed by atoms with Crippen LogP contribution < -0.4 is 21.3 Å². The van der Waals surface area contributed by atoms with E-state index in [9.17, 15) is 9.18 Å². The van der Waals surface area contributed by atoms with Gasteiger partial charge < -0.3 is 15.8 Å². The summed E-state index contributed by atoms with van der Waals surface area (Å²) in [4.78, 5) is 17.9. The molecular weight excluding hydrogens is 335 g/mol. The summed E-state index contributed by atoms with van der Waals surface area (Å²) in [6.07, 6.45) is 1.82. The van der Waals surface area contributed by atoms with Crippen molar-refractivity contribution in [1.82, 2.24) is 14.9 Å². The van der Waals surface area contributed by atoms with E-state index in [2.05, 4.69) is 10.3 Å². The second-order valence-electron chi connectivity index (χ2n) is 6.35. The predicted molar refractivity (Wildman–Crippen MR) is 98.2 cm³/mol. The van der Waals surface area contributed by atoms with Crippen LogP contribution in [0.2, 0.25) is 0 Å². The van der Waals surface area contributed by atoms with Crippen LogP contribution in [0.25, 0.3) is 16.6 Å². The third kappa shape index (κ3) is 2.70. The van der Waals surface area contributed by atoms with Crippen LogP contribution in [-0.4, -0.2) is 23.2 Å². The van der Waals surface area contributed by atoms with Crippen molar-refractivity contribution in [2.45, 2.75) is 18.9 Å². The molecule has 0 aliphatic carbocycles. The number of anilines is 1. The van der Waals surface area contributed by atoms with E-state index in [1.54, 1.807) is 24.3 Å². The molecule has 2 aromatic carbocycles. The highest BCUT2D eigenvalue weighted by Gasteiger charge is 2.25. The Morgan fingerprint density at radius 3 is 2.85 bits per heavy atom. The molecule has 0 spiro atoms. The number of fused-ring (bicyclic) bond motifs is 1. The van der Waals surface area contributed by atoms with Gasteiger partial charge in [-0.15, -0.1) is 0 Å². The Morgan fingerprint density at radius 1 is 1.31 bits per heavy atom. The maximum Gasteiger partial charge on any atom is 0.266 e. The standard InChI is InChI=1S/C19H19FN4O2/c1-26-12-5-7-17(14(20)10-12)24-18(16-3-2-8-22-16)23-15-6-4-11(21)9-13(15)19(24)25/h4-7,9-10,16,22H,2-3,8,21H2,1H3. The molecule has 0 amide bonds. The first-order valence-corrected chi connectivity index (χ1v) is 8.48. The molecular formula is C19H19FN4O2. The summed E-state index contributed by atoms with van der Waals surface area (Å²) >= 11 is 0. The maximum atomic E-state index is 14.7. The van der Waals surface area contributed by atoms with Gasteiger partial charge in [-0.1, -0.05) is 0 Å². The van der Waals surface area contributed by atoms with E-state index < -0.39 is 5.82 Å². The highest BCUT2D eigenvalue weighted by atomic mass is 19.1. The van der Waals surface area contributed by atoms with Crippen LogP contribution in [0.3, 0.4) is 0 Å². The molecule has 1 saturated heterocycles. The summed E-state index contributed by atoms with van der Waals surface area (Å²) in [6, 6.07) is 9.32. The van der Waals surface area contributed by atoms with Crippen molar-refractivity contribution in [3.63, 3.8) is 0 Å². The molecule has 6 nitrogen and oxygen atoms in total. The number of nitrogens with zero attached hydrogens (tertiary/aromatic N) is 2. The normalized spacial score (nSPS) is 16.9. The van der Waals surface area contributed by atoms with E-state index in [1.807, 2.05) is 0 Å². The average Bonchev–Trinajstić information content (AvgIpc) is 3.17. The fourth-order valence-corrected chi connectivity index (χ4v) is 3.39. The Bertz CT molecular complexity index is 1040. The Balaban J connectivity index is 2.03. The molecule has 0 saturated carbocycles. The zero-order chi connectivity index (χ0) is 18.3. The number of nitrogens with two attached hydrogens (primary N) is 1. The van der Waals surface area contributed by atoms with Crippen LogP contribution in [0.5, 0.6) is 5.75 Å².